The summed E-state index contributed by atoms with van der Waals surface area (Å²) < 4.78 is 5.49. The van der Waals surface area contributed by atoms with Gasteiger partial charge in [0.05, 0.1) is 25.4 Å². The second-order valence-electron chi connectivity index (χ2n) is 22.5. The molecule has 0 aliphatic heterocycles. The molecular weight excluding hydrogens is 899 g/mol. The summed E-state index contributed by atoms with van der Waals surface area (Å²) in [5, 5.41) is 23.2. The quantitative estimate of drug-likeness (QED) is 0.0320. The van der Waals surface area contributed by atoms with Crippen LogP contribution in [0.3, 0.4) is 0 Å². The SMILES string of the molecule is CCCCCCCCCCCCCCCCC/C=C/C(O)C(CO)NC(=O)CCCCCCCCC/C=C\C/C=C\CCCCCCCCCCCOC(=O)CCCCCCCCCCCCCCCCCC. The summed E-state index contributed by atoms with van der Waals surface area (Å²) in [6.45, 7) is 4.92. The van der Waals surface area contributed by atoms with E-state index in [0.29, 0.717) is 19.4 Å². The van der Waals surface area contributed by atoms with E-state index in [4.69, 9.17) is 4.74 Å². The molecule has 0 bridgehead atoms. The van der Waals surface area contributed by atoms with Gasteiger partial charge in [0.2, 0.25) is 5.91 Å². The molecule has 6 nitrogen and oxygen atoms in total. The maximum Gasteiger partial charge on any atom is 0.305 e. The third kappa shape index (κ3) is 59.2. The molecule has 0 aliphatic rings. The lowest BCUT2D eigenvalue weighted by molar-refractivity contribution is -0.143. The van der Waals surface area contributed by atoms with E-state index < -0.39 is 12.1 Å². The molecule has 6 heteroatoms. The van der Waals surface area contributed by atoms with Crippen molar-refractivity contribution in [1.82, 2.24) is 5.32 Å². The highest BCUT2D eigenvalue weighted by molar-refractivity contribution is 5.76. The van der Waals surface area contributed by atoms with Crippen molar-refractivity contribution in [1.29, 1.82) is 0 Å². The molecule has 0 fully saturated rings. The van der Waals surface area contributed by atoms with Gasteiger partial charge in [-0.15, -0.1) is 0 Å². The van der Waals surface area contributed by atoms with Gasteiger partial charge in [-0.05, 0) is 64.2 Å². The molecule has 0 aromatic heterocycles. The Hall–Kier alpha value is -1.92. The predicted molar refractivity (Wildman–Crippen MR) is 319 cm³/mol. The first-order chi connectivity index (χ1) is 36.0. The van der Waals surface area contributed by atoms with Gasteiger partial charge in [-0.2, -0.15) is 0 Å². The van der Waals surface area contributed by atoms with E-state index in [1.807, 2.05) is 6.08 Å². The normalized spacial score (nSPS) is 12.8. The lowest BCUT2D eigenvalue weighted by atomic mass is 10.0. The van der Waals surface area contributed by atoms with E-state index in [2.05, 4.69) is 43.5 Å². The van der Waals surface area contributed by atoms with Crippen LogP contribution < -0.4 is 5.32 Å². The zero-order valence-electron chi connectivity index (χ0n) is 49.1. The monoisotopic (exact) mass is 1030 g/mol. The zero-order valence-corrected chi connectivity index (χ0v) is 49.1. The number of nitrogens with one attached hydrogen (secondary N) is 1. The molecule has 2 atom stereocenters. The smallest absolute Gasteiger partial charge is 0.305 e. The molecule has 73 heavy (non-hydrogen) atoms. The van der Waals surface area contributed by atoms with E-state index in [-0.39, 0.29) is 18.5 Å². The lowest BCUT2D eigenvalue weighted by Gasteiger charge is -2.20. The maximum atomic E-state index is 12.5. The summed E-state index contributed by atoms with van der Waals surface area (Å²) in [5.41, 5.74) is 0. The number of rotatable bonds is 61. The number of aliphatic hydroxyl groups is 2. The number of unbranched alkanes of at least 4 members (excludes halogenated alkanes) is 46. The number of aliphatic hydroxyl groups excluding tert-OH is 2. The summed E-state index contributed by atoms with van der Waals surface area (Å²) in [6, 6.07) is -0.636. The molecule has 0 radical (unpaired) electrons. The fourth-order valence-electron chi connectivity index (χ4n) is 10.1. The van der Waals surface area contributed by atoms with Crippen molar-refractivity contribution in [2.75, 3.05) is 13.2 Å². The van der Waals surface area contributed by atoms with Crippen molar-refractivity contribution >= 4 is 11.9 Å². The number of esters is 1. The first kappa shape index (κ1) is 71.1. The summed E-state index contributed by atoms with van der Waals surface area (Å²) in [7, 11) is 0. The van der Waals surface area contributed by atoms with E-state index in [9.17, 15) is 19.8 Å². The Labute approximate surface area is 455 Å². The Morgan fingerprint density at radius 2 is 0.685 bits per heavy atom. The minimum Gasteiger partial charge on any atom is -0.466 e. The fraction of sp³-hybridized carbons (Fsp3) is 0.881. The summed E-state index contributed by atoms with van der Waals surface area (Å²) in [4.78, 5) is 24.6. The van der Waals surface area contributed by atoms with Crippen molar-refractivity contribution in [3.05, 3.63) is 36.5 Å². The van der Waals surface area contributed by atoms with Gasteiger partial charge < -0.3 is 20.3 Å². The van der Waals surface area contributed by atoms with Gasteiger partial charge in [0.25, 0.3) is 0 Å². The van der Waals surface area contributed by atoms with Crippen LogP contribution in [0.4, 0.5) is 0 Å². The Bertz CT molecular complexity index is 1180. The standard InChI is InChI=1S/C67H127NO5/c1-3-5-7-9-11-13-15-17-19-28-31-35-39-43-47-51-55-59-65(70)64(63-69)68-66(71)60-56-52-48-44-40-36-32-29-26-24-22-21-23-25-27-30-34-38-42-46-50-54-58-62-73-67(72)61-57-53-49-45-41-37-33-20-18-16-14-12-10-8-6-4-2/h21,23-24,26,55,59,64-65,69-70H,3-20,22,25,27-54,56-58,60-63H2,1-2H3,(H,68,71)/b23-21-,26-24-,59-55+. The van der Waals surface area contributed by atoms with Crippen LogP contribution in [0.15, 0.2) is 36.5 Å². The number of hydrogen-bond acceptors (Lipinski definition) is 5. The third-order valence-corrected chi connectivity index (χ3v) is 15.2. The molecule has 0 rings (SSSR count). The molecular formula is C67H127NO5. The highest BCUT2D eigenvalue weighted by atomic mass is 16.5. The van der Waals surface area contributed by atoms with Gasteiger partial charge in [0.1, 0.15) is 0 Å². The van der Waals surface area contributed by atoms with Crippen LogP contribution in [0.2, 0.25) is 0 Å². The van der Waals surface area contributed by atoms with Crippen molar-refractivity contribution in [2.45, 2.75) is 366 Å². The number of ether oxygens (including phenoxy) is 1. The average Bonchev–Trinajstić information content (AvgIpc) is 3.39. The Morgan fingerprint density at radius 3 is 1.04 bits per heavy atom. The highest BCUT2D eigenvalue weighted by Crippen LogP contribution is 2.17. The van der Waals surface area contributed by atoms with E-state index in [0.717, 1.165) is 57.8 Å². The lowest BCUT2D eigenvalue weighted by Crippen LogP contribution is -2.45. The molecule has 3 N–H and O–H groups in total. The summed E-state index contributed by atoms with van der Waals surface area (Å²) in [6.07, 6.45) is 79.1. The number of hydrogen-bond donors (Lipinski definition) is 3. The molecule has 430 valence electrons. The van der Waals surface area contributed by atoms with Crippen LogP contribution in [0.5, 0.6) is 0 Å². The van der Waals surface area contributed by atoms with Gasteiger partial charge in [0, 0.05) is 12.8 Å². The first-order valence-corrected chi connectivity index (χ1v) is 32.8. The van der Waals surface area contributed by atoms with Crippen LogP contribution in [-0.2, 0) is 14.3 Å². The van der Waals surface area contributed by atoms with Crippen molar-refractivity contribution in [3.8, 4) is 0 Å². The number of carbonyl (C=O) groups is 2. The van der Waals surface area contributed by atoms with E-state index in [1.54, 1.807) is 6.08 Å². The number of amides is 1. The Kier molecular flexibility index (Phi) is 61.0. The van der Waals surface area contributed by atoms with Crippen LogP contribution in [0, 0.1) is 0 Å². The molecule has 1 amide bonds. The van der Waals surface area contributed by atoms with Crippen molar-refractivity contribution in [3.63, 3.8) is 0 Å². The largest absolute Gasteiger partial charge is 0.466 e. The van der Waals surface area contributed by atoms with Crippen molar-refractivity contribution < 1.29 is 24.5 Å². The second-order valence-corrected chi connectivity index (χ2v) is 22.5. The van der Waals surface area contributed by atoms with Gasteiger partial charge in [-0.1, -0.05) is 314 Å². The molecule has 0 aromatic carbocycles. The fourth-order valence-corrected chi connectivity index (χ4v) is 10.1. The van der Waals surface area contributed by atoms with E-state index >= 15 is 0 Å². The van der Waals surface area contributed by atoms with Gasteiger partial charge >= 0.3 is 5.97 Å². The van der Waals surface area contributed by atoms with Gasteiger partial charge in [0.15, 0.2) is 0 Å². The molecule has 0 saturated heterocycles. The topological polar surface area (TPSA) is 95.9 Å². The van der Waals surface area contributed by atoms with Crippen LogP contribution in [0.1, 0.15) is 354 Å². The number of carbonyl (C=O) groups excluding carboxylic acids is 2. The zero-order chi connectivity index (χ0) is 52.9. The Balaban J connectivity index is 3.46. The first-order valence-electron chi connectivity index (χ1n) is 32.8. The highest BCUT2D eigenvalue weighted by Gasteiger charge is 2.18. The number of allylic oxidation sites excluding steroid dienone is 5. The second kappa shape index (κ2) is 62.6. The van der Waals surface area contributed by atoms with Crippen LogP contribution >= 0.6 is 0 Å². The Morgan fingerprint density at radius 1 is 0.384 bits per heavy atom. The third-order valence-electron chi connectivity index (χ3n) is 15.2. The predicted octanol–water partition coefficient (Wildman–Crippen LogP) is 20.8. The van der Waals surface area contributed by atoms with Crippen LogP contribution in [0.25, 0.3) is 0 Å². The molecule has 0 aromatic rings. The molecule has 0 saturated carbocycles. The molecule has 2 unspecified atom stereocenters. The van der Waals surface area contributed by atoms with Crippen LogP contribution in [-0.4, -0.2) is 47.4 Å². The molecule has 0 spiro atoms. The molecule has 0 heterocycles. The van der Waals surface area contributed by atoms with Crippen molar-refractivity contribution in [2.24, 2.45) is 0 Å². The minimum atomic E-state index is -0.852. The summed E-state index contributed by atoms with van der Waals surface area (Å²) in [5.74, 6) is -0.0662. The van der Waals surface area contributed by atoms with Gasteiger partial charge in [-0.3, -0.25) is 9.59 Å². The molecule has 0 aliphatic carbocycles. The maximum absolute atomic E-state index is 12.5. The van der Waals surface area contributed by atoms with Gasteiger partial charge in [-0.25, -0.2) is 0 Å². The summed E-state index contributed by atoms with van der Waals surface area (Å²) >= 11 is 0. The minimum absolute atomic E-state index is 0.0102. The van der Waals surface area contributed by atoms with E-state index in [1.165, 1.54) is 270 Å². The average molecular weight is 1030 g/mol.